The second-order valence-electron chi connectivity index (χ2n) is 6.60. The van der Waals surface area contributed by atoms with E-state index in [0.717, 1.165) is 35.5 Å². The molecule has 4 nitrogen and oxygen atoms in total. The Kier molecular flexibility index (Phi) is 5.76. The molecule has 2 aromatic carbocycles. The van der Waals surface area contributed by atoms with Gasteiger partial charge in [-0.15, -0.1) is 0 Å². The van der Waals surface area contributed by atoms with E-state index in [4.69, 9.17) is 9.47 Å². The molecule has 1 aliphatic rings. The van der Waals surface area contributed by atoms with Gasteiger partial charge in [-0.05, 0) is 54.7 Å². The van der Waals surface area contributed by atoms with Crippen molar-refractivity contribution in [3.05, 3.63) is 59.4 Å². The maximum atomic E-state index is 13.1. The SMILES string of the molecule is COc1cc(CCC(=O)N(Cc2ccc(F)cc2)C2CC2)cc(OC)c1. The van der Waals surface area contributed by atoms with Crippen molar-refractivity contribution in [3.8, 4) is 11.5 Å². The van der Waals surface area contributed by atoms with Gasteiger partial charge in [-0.1, -0.05) is 12.1 Å². The Bertz CT molecular complexity index is 734. The molecule has 1 aliphatic carbocycles. The van der Waals surface area contributed by atoms with Crippen molar-refractivity contribution in [2.45, 2.75) is 38.3 Å². The Balaban J connectivity index is 1.64. The van der Waals surface area contributed by atoms with Gasteiger partial charge in [0, 0.05) is 25.1 Å². The molecule has 0 saturated heterocycles. The van der Waals surface area contributed by atoms with E-state index in [9.17, 15) is 9.18 Å². The highest BCUT2D eigenvalue weighted by molar-refractivity contribution is 5.77. The number of benzene rings is 2. The maximum absolute atomic E-state index is 13.1. The highest BCUT2D eigenvalue weighted by Crippen LogP contribution is 2.30. The van der Waals surface area contributed by atoms with E-state index in [2.05, 4.69) is 0 Å². The van der Waals surface area contributed by atoms with Crippen molar-refractivity contribution in [2.75, 3.05) is 14.2 Å². The molecule has 1 amide bonds. The van der Waals surface area contributed by atoms with Crippen LogP contribution in [0.4, 0.5) is 4.39 Å². The van der Waals surface area contributed by atoms with Crippen molar-refractivity contribution in [2.24, 2.45) is 0 Å². The number of rotatable bonds is 8. The van der Waals surface area contributed by atoms with Crippen LogP contribution in [-0.4, -0.2) is 31.1 Å². The third-order valence-electron chi connectivity index (χ3n) is 4.61. The monoisotopic (exact) mass is 357 g/mol. The number of hydrogen-bond donors (Lipinski definition) is 0. The van der Waals surface area contributed by atoms with Crippen molar-refractivity contribution < 1.29 is 18.7 Å². The quantitative estimate of drug-likeness (QED) is 0.718. The van der Waals surface area contributed by atoms with Crippen molar-refractivity contribution in [1.29, 1.82) is 0 Å². The molecular formula is C21H24FNO3. The van der Waals surface area contributed by atoms with Gasteiger partial charge >= 0.3 is 0 Å². The third-order valence-corrected chi connectivity index (χ3v) is 4.61. The maximum Gasteiger partial charge on any atom is 0.223 e. The van der Waals surface area contributed by atoms with E-state index in [1.165, 1.54) is 12.1 Å². The average Bonchev–Trinajstić information content (AvgIpc) is 3.50. The van der Waals surface area contributed by atoms with E-state index in [0.29, 0.717) is 25.4 Å². The Hall–Kier alpha value is -2.56. The number of amides is 1. The largest absolute Gasteiger partial charge is 0.497 e. The minimum absolute atomic E-state index is 0.124. The molecule has 0 aromatic heterocycles. The van der Waals surface area contributed by atoms with Crippen LogP contribution in [0.1, 0.15) is 30.4 Å². The first-order chi connectivity index (χ1) is 12.6. The minimum Gasteiger partial charge on any atom is -0.497 e. The molecule has 0 bridgehead atoms. The number of ether oxygens (including phenoxy) is 2. The number of nitrogens with zero attached hydrogens (tertiary/aromatic N) is 1. The highest BCUT2D eigenvalue weighted by Gasteiger charge is 2.32. The molecule has 0 unspecified atom stereocenters. The summed E-state index contributed by atoms with van der Waals surface area (Å²) in [7, 11) is 3.22. The van der Waals surface area contributed by atoms with Gasteiger partial charge in [-0.25, -0.2) is 4.39 Å². The molecule has 0 aliphatic heterocycles. The lowest BCUT2D eigenvalue weighted by Gasteiger charge is -2.23. The average molecular weight is 357 g/mol. The van der Waals surface area contributed by atoms with Gasteiger partial charge in [0.05, 0.1) is 14.2 Å². The zero-order valence-electron chi connectivity index (χ0n) is 15.2. The van der Waals surface area contributed by atoms with E-state index >= 15 is 0 Å². The van der Waals surface area contributed by atoms with Gasteiger partial charge in [-0.3, -0.25) is 4.79 Å². The first-order valence-corrected chi connectivity index (χ1v) is 8.85. The van der Waals surface area contributed by atoms with Crippen LogP contribution >= 0.6 is 0 Å². The predicted octanol–water partition coefficient (Wildman–Crippen LogP) is 3.97. The fourth-order valence-electron chi connectivity index (χ4n) is 3.00. The number of carbonyl (C=O) groups excluding carboxylic acids is 1. The van der Waals surface area contributed by atoms with E-state index in [1.54, 1.807) is 26.4 Å². The summed E-state index contributed by atoms with van der Waals surface area (Å²) in [6, 6.07) is 12.3. The predicted molar refractivity (Wildman–Crippen MR) is 97.8 cm³/mol. The van der Waals surface area contributed by atoms with Gasteiger partial charge in [0.2, 0.25) is 5.91 Å². The van der Waals surface area contributed by atoms with Crippen LogP contribution in [0.3, 0.4) is 0 Å². The summed E-state index contributed by atoms with van der Waals surface area (Å²) in [6.45, 7) is 0.533. The number of aryl methyl sites for hydroxylation is 1. The summed E-state index contributed by atoms with van der Waals surface area (Å²) in [4.78, 5) is 14.7. The van der Waals surface area contributed by atoms with Gasteiger partial charge in [0.15, 0.2) is 0 Å². The number of carbonyl (C=O) groups is 1. The molecule has 138 valence electrons. The minimum atomic E-state index is -0.259. The molecule has 0 N–H and O–H groups in total. The summed E-state index contributed by atoms with van der Waals surface area (Å²) in [5.41, 5.74) is 1.96. The van der Waals surface area contributed by atoms with Crippen LogP contribution in [0.2, 0.25) is 0 Å². The normalized spacial score (nSPS) is 13.3. The molecule has 2 aromatic rings. The molecule has 5 heteroatoms. The van der Waals surface area contributed by atoms with E-state index < -0.39 is 0 Å². The third kappa shape index (κ3) is 4.75. The van der Waals surface area contributed by atoms with Crippen LogP contribution in [0.25, 0.3) is 0 Å². The number of halogens is 1. The van der Waals surface area contributed by atoms with Crippen LogP contribution in [0.5, 0.6) is 11.5 Å². The Morgan fingerprint density at radius 2 is 1.65 bits per heavy atom. The zero-order valence-corrected chi connectivity index (χ0v) is 15.2. The Morgan fingerprint density at radius 3 is 2.19 bits per heavy atom. The standard InChI is InChI=1S/C21H24FNO3/c1-25-19-11-16(12-20(13-19)26-2)5-10-21(24)23(18-8-9-18)14-15-3-6-17(22)7-4-15/h3-4,6-7,11-13,18H,5,8-10,14H2,1-2H3. The van der Waals surface area contributed by atoms with Gasteiger partial charge in [-0.2, -0.15) is 0 Å². The zero-order chi connectivity index (χ0) is 18.5. The summed E-state index contributed by atoms with van der Waals surface area (Å²) in [5, 5.41) is 0. The molecule has 0 radical (unpaired) electrons. The first kappa shape index (κ1) is 18.2. The summed E-state index contributed by atoms with van der Waals surface area (Å²) >= 11 is 0. The summed E-state index contributed by atoms with van der Waals surface area (Å²) in [6.07, 6.45) is 3.13. The topological polar surface area (TPSA) is 38.8 Å². The fourth-order valence-corrected chi connectivity index (χ4v) is 3.00. The molecule has 0 heterocycles. The van der Waals surface area contributed by atoms with E-state index in [1.807, 2.05) is 23.1 Å². The molecule has 3 rings (SSSR count). The second-order valence-corrected chi connectivity index (χ2v) is 6.60. The van der Waals surface area contributed by atoms with E-state index in [-0.39, 0.29) is 11.7 Å². The molecule has 1 fully saturated rings. The van der Waals surface area contributed by atoms with Crippen molar-refractivity contribution >= 4 is 5.91 Å². The number of hydrogen-bond acceptors (Lipinski definition) is 3. The summed E-state index contributed by atoms with van der Waals surface area (Å²) < 4.78 is 23.6. The smallest absolute Gasteiger partial charge is 0.223 e. The van der Waals surface area contributed by atoms with Gasteiger partial charge < -0.3 is 14.4 Å². The lowest BCUT2D eigenvalue weighted by Crippen LogP contribution is -2.32. The summed E-state index contributed by atoms with van der Waals surface area (Å²) in [5.74, 6) is 1.30. The van der Waals surface area contributed by atoms with Crippen LogP contribution in [0.15, 0.2) is 42.5 Å². The Morgan fingerprint density at radius 1 is 1.04 bits per heavy atom. The van der Waals surface area contributed by atoms with Crippen LogP contribution in [0, 0.1) is 5.82 Å². The second kappa shape index (κ2) is 8.21. The van der Waals surface area contributed by atoms with Crippen LogP contribution < -0.4 is 9.47 Å². The van der Waals surface area contributed by atoms with Crippen molar-refractivity contribution in [3.63, 3.8) is 0 Å². The highest BCUT2D eigenvalue weighted by atomic mass is 19.1. The number of methoxy groups -OCH3 is 2. The fraction of sp³-hybridized carbons (Fsp3) is 0.381. The molecule has 26 heavy (non-hydrogen) atoms. The molecule has 1 saturated carbocycles. The van der Waals surface area contributed by atoms with Crippen molar-refractivity contribution in [1.82, 2.24) is 4.90 Å². The molecule has 0 atom stereocenters. The van der Waals surface area contributed by atoms with Crippen LogP contribution in [-0.2, 0) is 17.8 Å². The Labute approximate surface area is 153 Å². The van der Waals surface area contributed by atoms with Gasteiger partial charge in [0.25, 0.3) is 0 Å². The lowest BCUT2D eigenvalue weighted by atomic mass is 10.1. The lowest BCUT2D eigenvalue weighted by molar-refractivity contribution is -0.132. The molecule has 0 spiro atoms. The first-order valence-electron chi connectivity index (χ1n) is 8.85. The van der Waals surface area contributed by atoms with Gasteiger partial charge in [0.1, 0.15) is 17.3 Å². The molecular weight excluding hydrogens is 333 g/mol.